The lowest BCUT2D eigenvalue weighted by Gasteiger charge is -2.20. The average Bonchev–Trinajstić information content (AvgIpc) is 3.11. The van der Waals surface area contributed by atoms with Crippen LogP contribution >= 0.6 is 0 Å². The first-order valence-electron chi connectivity index (χ1n) is 7.77. The molecule has 2 aromatic rings. The van der Waals surface area contributed by atoms with E-state index in [0.29, 0.717) is 0 Å². The van der Waals surface area contributed by atoms with Crippen molar-refractivity contribution in [2.75, 3.05) is 25.1 Å². The Labute approximate surface area is 131 Å². The fourth-order valence-corrected chi connectivity index (χ4v) is 3.08. The summed E-state index contributed by atoms with van der Waals surface area (Å²) < 4.78 is 5.00. The van der Waals surface area contributed by atoms with Gasteiger partial charge in [-0.15, -0.1) is 0 Å². The van der Waals surface area contributed by atoms with Crippen LogP contribution in [0.25, 0.3) is 0 Å². The van der Waals surface area contributed by atoms with Gasteiger partial charge in [-0.3, -0.25) is 4.79 Å². The summed E-state index contributed by atoms with van der Waals surface area (Å²) >= 11 is 0. The molecular weight excluding hydrogens is 274 g/mol. The molecule has 1 atom stereocenters. The minimum Gasteiger partial charge on any atom is -0.468 e. The van der Waals surface area contributed by atoms with Gasteiger partial charge in [0.25, 0.3) is 0 Å². The smallest absolute Gasteiger partial charge is 0.317 e. The third-order valence-electron chi connectivity index (χ3n) is 4.27. The first kappa shape index (κ1) is 14.6. The summed E-state index contributed by atoms with van der Waals surface area (Å²) in [6, 6.07) is 18.1. The van der Waals surface area contributed by atoms with Gasteiger partial charge in [0.2, 0.25) is 0 Å². The number of carbonyl (C=O) groups excluding carboxylic acids is 1. The molecule has 0 N–H and O–H groups in total. The Hall–Kier alpha value is -2.29. The van der Waals surface area contributed by atoms with E-state index in [4.69, 9.17) is 4.74 Å². The van der Waals surface area contributed by atoms with Crippen LogP contribution in [0.1, 0.15) is 29.9 Å². The van der Waals surface area contributed by atoms with E-state index in [-0.39, 0.29) is 11.9 Å². The van der Waals surface area contributed by atoms with Gasteiger partial charge in [-0.05, 0) is 36.1 Å². The second-order valence-corrected chi connectivity index (χ2v) is 5.65. The van der Waals surface area contributed by atoms with Gasteiger partial charge in [-0.25, -0.2) is 0 Å². The molecule has 0 amide bonds. The summed E-state index contributed by atoms with van der Waals surface area (Å²) in [5.74, 6) is -0.584. The van der Waals surface area contributed by atoms with Crippen molar-refractivity contribution in [1.29, 1.82) is 0 Å². The largest absolute Gasteiger partial charge is 0.468 e. The van der Waals surface area contributed by atoms with Crippen molar-refractivity contribution in [2.24, 2.45) is 0 Å². The zero-order chi connectivity index (χ0) is 15.4. The van der Waals surface area contributed by atoms with E-state index in [2.05, 4.69) is 17.0 Å². The van der Waals surface area contributed by atoms with Crippen molar-refractivity contribution in [3.05, 3.63) is 65.7 Å². The van der Waals surface area contributed by atoms with Crippen molar-refractivity contribution >= 4 is 11.7 Å². The van der Waals surface area contributed by atoms with Gasteiger partial charge < -0.3 is 9.64 Å². The SMILES string of the molecule is COC(=O)[C@H](c1ccccc1)c1ccc(N2CCCC2)cc1. The number of anilines is 1. The Morgan fingerprint density at radius 1 is 0.955 bits per heavy atom. The minimum atomic E-state index is -0.362. The van der Waals surface area contributed by atoms with Crippen LogP contribution in [-0.2, 0) is 9.53 Å². The fraction of sp³-hybridized carbons (Fsp3) is 0.316. The molecule has 0 saturated carbocycles. The predicted octanol–water partition coefficient (Wildman–Crippen LogP) is 3.59. The highest BCUT2D eigenvalue weighted by atomic mass is 16.5. The second-order valence-electron chi connectivity index (χ2n) is 5.65. The molecule has 22 heavy (non-hydrogen) atoms. The number of rotatable bonds is 4. The van der Waals surface area contributed by atoms with Gasteiger partial charge >= 0.3 is 5.97 Å². The molecule has 1 saturated heterocycles. The Balaban J connectivity index is 1.89. The van der Waals surface area contributed by atoms with Gasteiger partial charge in [0, 0.05) is 18.8 Å². The van der Waals surface area contributed by atoms with E-state index in [1.807, 2.05) is 42.5 Å². The van der Waals surface area contributed by atoms with E-state index in [9.17, 15) is 4.79 Å². The van der Waals surface area contributed by atoms with E-state index < -0.39 is 0 Å². The summed E-state index contributed by atoms with van der Waals surface area (Å²) in [6.45, 7) is 2.25. The van der Waals surface area contributed by atoms with Crippen LogP contribution in [0.4, 0.5) is 5.69 Å². The highest BCUT2D eigenvalue weighted by Crippen LogP contribution is 2.28. The van der Waals surface area contributed by atoms with Crippen LogP contribution in [0.2, 0.25) is 0 Å². The first-order chi connectivity index (χ1) is 10.8. The van der Waals surface area contributed by atoms with Crippen molar-refractivity contribution in [3.8, 4) is 0 Å². The van der Waals surface area contributed by atoms with Crippen molar-refractivity contribution < 1.29 is 9.53 Å². The third kappa shape index (κ3) is 2.98. The number of ether oxygens (including phenoxy) is 1. The lowest BCUT2D eigenvalue weighted by Crippen LogP contribution is -2.18. The number of esters is 1. The van der Waals surface area contributed by atoms with Gasteiger partial charge in [0.05, 0.1) is 7.11 Å². The molecule has 0 aliphatic carbocycles. The van der Waals surface area contributed by atoms with Crippen molar-refractivity contribution in [3.63, 3.8) is 0 Å². The molecular formula is C19H21NO2. The molecule has 1 fully saturated rings. The summed E-state index contributed by atoms with van der Waals surface area (Å²) in [4.78, 5) is 14.6. The van der Waals surface area contributed by atoms with Crippen LogP contribution in [0, 0.1) is 0 Å². The molecule has 114 valence electrons. The highest BCUT2D eigenvalue weighted by molar-refractivity contribution is 5.82. The molecule has 3 heteroatoms. The van der Waals surface area contributed by atoms with E-state index in [1.54, 1.807) is 0 Å². The number of carbonyl (C=O) groups is 1. The van der Waals surface area contributed by atoms with Gasteiger partial charge in [-0.2, -0.15) is 0 Å². The topological polar surface area (TPSA) is 29.5 Å². The molecule has 1 heterocycles. The zero-order valence-electron chi connectivity index (χ0n) is 12.9. The van der Waals surface area contributed by atoms with Crippen LogP contribution in [0.15, 0.2) is 54.6 Å². The summed E-state index contributed by atoms with van der Waals surface area (Å²) in [5.41, 5.74) is 3.17. The minimum absolute atomic E-state index is 0.222. The third-order valence-corrected chi connectivity index (χ3v) is 4.27. The van der Waals surface area contributed by atoms with Crippen LogP contribution in [0.5, 0.6) is 0 Å². The molecule has 0 aromatic heterocycles. The summed E-state index contributed by atoms with van der Waals surface area (Å²) in [6.07, 6.45) is 2.52. The maximum Gasteiger partial charge on any atom is 0.317 e. The van der Waals surface area contributed by atoms with E-state index >= 15 is 0 Å². The van der Waals surface area contributed by atoms with Gasteiger partial charge in [0.15, 0.2) is 0 Å². The Morgan fingerprint density at radius 2 is 1.55 bits per heavy atom. The fourth-order valence-electron chi connectivity index (χ4n) is 3.08. The lowest BCUT2D eigenvalue weighted by atomic mass is 9.91. The molecule has 0 bridgehead atoms. The maximum atomic E-state index is 12.2. The Kier molecular flexibility index (Phi) is 4.42. The quantitative estimate of drug-likeness (QED) is 0.807. The molecule has 3 nitrogen and oxygen atoms in total. The lowest BCUT2D eigenvalue weighted by molar-refractivity contribution is -0.141. The molecule has 1 aliphatic heterocycles. The second kappa shape index (κ2) is 6.65. The van der Waals surface area contributed by atoms with Crippen molar-refractivity contribution in [1.82, 2.24) is 0 Å². The molecule has 2 aromatic carbocycles. The Morgan fingerprint density at radius 3 is 2.14 bits per heavy atom. The number of benzene rings is 2. The first-order valence-corrected chi connectivity index (χ1v) is 7.77. The Bertz CT molecular complexity index is 616. The highest BCUT2D eigenvalue weighted by Gasteiger charge is 2.23. The molecule has 3 rings (SSSR count). The predicted molar refractivity (Wildman–Crippen MR) is 88.2 cm³/mol. The number of hydrogen-bond donors (Lipinski definition) is 0. The molecule has 1 aliphatic rings. The van der Waals surface area contributed by atoms with Gasteiger partial charge in [-0.1, -0.05) is 42.5 Å². The van der Waals surface area contributed by atoms with Crippen LogP contribution < -0.4 is 4.90 Å². The van der Waals surface area contributed by atoms with Crippen LogP contribution in [-0.4, -0.2) is 26.2 Å². The zero-order valence-corrected chi connectivity index (χ0v) is 12.9. The van der Waals surface area contributed by atoms with E-state index in [1.165, 1.54) is 25.6 Å². The average molecular weight is 295 g/mol. The molecule has 0 spiro atoms. The number of nitrogens with zero attached hydrogens (tertiary/aromatic N) is 1. The van der Waals surface area contributed by atoms with Gasteiger partial charge in [0.1, 0.15) is 5.92 Å². The summed E-state index contributed by atoms with van der Waals surface area (Å²) in [7, 11) is 1.44. The molecule has 0 unspecified atom stereocenters. The number of methoxy groups -OCH3 is 1. The number of hydrogen-bond acceptors (Lipinski definition) is 3. The standard InChI is InChI=1S/C19H21NO2/c1-22-19(21)18(15-7-3-2-4-8-15)16-9-11-17(12-10-16)20-13-5-6-14-20/h2-4,7-12,18H,5-6,13-14H2,1H3/t18-/m1/s1. The molecule has 0 radical (unpaired) electrons. The van der Waals surface area contributed by atoms with Crippen molar-refractivity contribution in [2.45, 2.75) is 18.8 Å². The van der Waals surface area contributed by atoms with Crippen LogP contribution in [0.3, 0.4) is 0 Å². The monoisotopic (exact) mass is 295 g/mol. The maximum absolute atomic E-state index is 12.2. The van der Waals surface area contributed by atoms with E-state index in [0.717, 1.165) is 24.2 Å². The summed E-state index contributed by atoms with van der Waals surface area (Å²) in [5, 5.41) is 0. The normalized spacial score (nSPS) is 15.6.